The van der Waals surface area contributed by atoms with E-state index in [0.29, 0.717) is 23.5 Å². The third-order valence-corrected chi connectivity index (χ3v) is 3.13. The molecule has 0 bridgehead atoms. The number of carbonyl (C=O) groups is 1. The first-order valence-corrected chi connectivity index (χ1v) is 7.22. The first-order valence-electron chi connectivity index (χ1n) is 7.22. The molecule has 24 heavy (non-hydrogen) atoms. The number of nitrogens with two attached hydrogens (primary N) is 2. The molecule has 2 rings (SSSR count). The van der Waals surface area contributed by atoms with Crippen molar-refractivity contribution in [2.45, 2.75) is 6.42 Å². The lowest BCUT2D eigenvalue weighted by Gasteiger charge is -2.05. The van der Waals surface area contributed by atoms with Gasteiger partial charge >= 0.3 is 5.97 Å². The van der Waals surface area contributed by atoms with Gasteiger partial charge in [0.15, 0.2) is 0 Å². The van der Waals surface area contributed by atoms with Crippen LogP contribution in [0.4, 0.5) is 11.4 Å². The van der Waals surface area contributed by atoms with Crippen LogP contribution in [0.2, 0.25) is 0 Å². The second-order valence-corrected chi connectivity index (χ2v) is 5.02. The highest BCUT2D eigenvalue weighted by Gasteiger charge is 2.01. The summed E-state index contributed by atoms with van der Waals surface area (Å²) in [5.41, 5.74) is 14.3. The highest BCUT2D eigenvalue weighted by molar-refractivity contribution is 5.87. The van der Waals surface area contributed by atoms with E-state index in [0.717, 1.165) is 11.1 Å². The van der Waals surface area contributed by atoms with Gasteiger partial charge in [-0.05, 0) is 47.5 Å². The minimum absolute atomic E-state index is 0.237. The van der Waals surface area contributed by atoms with Crippen molar-refractivity contribution in [2.75, 3.05) is 18.1 Å². The molecule has 0 aliphatic rings. The molecule has 0 amide bonds. The Kier molecular flexibility index (Phi) is 5.81. The number of ether oxygens (including phenoxy) is 2. The summed E-state index contributed by atoms with van der Waals surface area (Å²) in [5, 5.41) is 8.40. The molecule has 4 N–H and O–H groups in total. The molecule has 0 aliphatic heterocycles. The SMILES string of the molecule is N#COc1ccc(/C=C/C(=O)OCCc2cc(N)cc(N)c2)cc1. The van der Waals surface area contributed by atoms with Crippen LogP contribution in [0.25, 0.3) is 6.08 Å². The highest BCUT2D eigenvalue weighted by atomic mass is 16.5. The lowest BCUT2D eigenvalue weighted by Crippen LogP contribution is -2.05. The molecule has 0 fully saturated rings. The Morgan fingerprint density at radius 2 is 1.79 bits per heavy atom. The van der Waals surface area contributed by atoms with E-state index in [1.165, 1.54) is 6.08 Å². The summed E-state index contributed by atoms with van der Waals surface area (Å²) in [6, 6.07) is 12.0. The number of esters is 1. The van der Waals surface area contributed by atoms with E-state index < -0.39 is 5.97 Å². The summed E-state index contributed by atoms with van der Waals surface area (Å²) >= 11 is 0. The van der Waals surface area contributed by atoms with Crippen LogP contribution in [-0.2, 0) is 16.0 Å². The molecule has 6 heteroatoms. The number of hydrogen-bond acceptors (Lipinski definition) is 6. The number of carbonyl (C=O) groups excluding carboxylic acids is 1. The second kappa shape index (κ2) is 8.25. The Morgan fingerprint density at radius 1 is 1.12 bits per heavy atom. The van der Waals surface area contributed by atoms with E-state index >= 15 is 0 Å². The minimum atomic E-state index is -0.441. The Labute approximate surface area is 139 Å². The van der Waals surface area contributed by atoms with Gasteiger partial charge in [-0.3, -0.25) is 0 Å². The van der Waals surface area contributed by atoms with Crippen LogP contribution in [0.15, 0.2) is 48.5 Å². The van der Waals surface area contributed by atoms with Crippen molar-refractivity contribution in [3.8, 4) is 12.0 Å². The highest BCUT2D eigenvalue weighted by Crippen LogP contribution is 2.14. The van der Waals surface area contributed by atoms with Crippen molar-refractivity contribution >= 4 is 23.4 Å². The zero-order valence-electron chi connectivity index (χ0n) is 12.9. The third kappa shape index (κ3) is 5.39. The predicted molar refractivity (Wildman–Crippen MR) is 91.6 cm³/mol. The Morgan fingerprint density at radius 3 is 2.42 bits per heavy atom. The average Bonchev–Trinajstić information content (AvgIpc) is 2.53. The molecular weight excluding hydrogens is 306 g/mol. The largest absolute Gasteiger partial charge is 0.462 e. The minimum Gasteiger partial charge on any atom is -0.462 e. The van der Waals surface area contributed by atoms with Crippen molar-refractivity contribution in [2.24, 2.45) is 0 Å². The summed E-state index contributed by atoms with van der Waals surface area (Å²) in [4.78, 5) is 11.7. The van der Waals surface area contributed by atoms with E-state index in [1.54, 1.807) is 54.8 Å². The van der Waals surface area contributed by atoms with Crippen molar-refractivity contribution < 1.29 is 14.3 Å². The molecular formula is C18H17N3O3. The van der Waals surface area contributed by atoms with Gasteiger partial charge in [0.1, 0.15) is 5.75 Å². The van der Waals surface area contributed by atoms with Gasteiger partial charge in [-0.2, -0.15) is 0 Å². The molecule has 0 unspecified atom stereocenters. The molecule has 0 heterocycles. The molecule has 0 radical (unpaired) electrons. The van der Waals surface area contributed by atoms with Crippen LogP contribution in [0.1, 0.15) is 11.1 Å². The fourth-order valence-electron chi connectivity index (χ4n) is 2.07. The smallest absolute Gasteiger partial charge is 0.330 e. The number of nitrogen functional groups attached to an aromatic ring is 2. The zero-order valence-corrected chi connectivity index (χ0v) is 12.9. The molecule has 0 saturated heterocycles. The van der Waals surface area contributed by atoms with Crippen LogP contribution in [0.5, 0.6) is 5.75 Å². The van der Waals surface area contributed by atoms with Gasteiger partial charge in [0.2, 0.25) is 0 Å². The molecule has 6 nitrogen and oxygen atoms in total. The van der Waals surface area contributed by atoms with Crippen LogP contribution in [0, 0.1) is 11.5 Å². The summed E-state index contributed by atoms with van der Waals surface area (Å²) in [5.74, 6) is 0.00265. The molecule has 0 atom stereocenters. The molecule has 0 spiro atoms. The van der Waals surface area contributed by atoms with Crippen molar-refractivity contribution in [1.29, 1.82) is 5.26 Å². The van der Waals surface area contributed by atoms with E-state index in [9.17, 15) is 4.79 Å². The maximum Gasteiger partial charge on any atom is 0.330 e. The molecule has 2 aromatic rings. The monoisotopic (exact) mass is 323 g/mol. The summed E-state index contributed by atoms with van der Waals surface area (Å²) in [7, 11) is 0. The van der Waals surface area contributed by atoms with Crippen LogP contribution in [-0.4, -0.2) is 12.6 Å². The first-order chi connectivity index (χ1) is 11.6. The topological polar surface area (TPSA) is 111 Å². The lowest BCUT2D eigenvalue weighted by molar-refractivity contribution is -0.137. The van der Waals surface area contributed by atoms with E-state index in [1.807, 2.05) is 0 Å². The Hall–Kier alpha value is -3.46. The quantitative estimate of drug-likeness (QED) is 0.366. The van der Waals surface area contributed by atoms with Crippen LogP contribution < -0.4 is 16.2 Å². The number of benzene rings is 2. The Balaban J connectivity index is 1.81. The van der Waals surface area contributed by atoms with Gasteiger partial charge in [-0.1, -0.05) is 12.1 Å². The second-order valence-electron chi connectivity index (χ2n) is 5.02. The number of nitriles is 1. The van der Waals surface area contributed by atoms with E-state index in [-0.39, 0.29) is 6.61 Å². The maximum atomic E-state index is 11.7. The molecule has 2 aromatic carbocycles. The number of anilines is 2. The number of rotatable bonds is 6. The number of hydrogen-bond donors (Lipinski definition) is 2. The van der Waals surface area contributed by atoms with Crippen molar-refractivity contribution in [1.82, 2.24) is 0 Å². The van der Waals surface area contributed by atoms with E-state index in [2.05, 4.69) is 4.74 Å². The van der Waals surface area contributed by atoms with Crippen molar-refractivity contribution in [3.05, 3.63) is 59.7 Å². The molecule has 122 valence electrons. The van der Waals surface area contributed by atoms with Gasteiger partial charge in [0.05, 0.1) is 6.61 Å². The zero-order chi connectivity index (χ0) is 17.4. The standard InChI is InChI=1S/C18H17N3O3/c19-12-24-17-4-1-13(2-5-17)3-6-18(22)23-8-7-14-9-15(20)11-16(21)10-14/h1-6,9-11H,7-8,20-21H2/b6-3+. The van der Waals surface area contributed by atoms with Gasteiger partial charge in [-0.15, -0.1) is 5.26 Å². The average molecular weight is 323 g/mol. The lowest BCUT2D eigenvalue weighted by atomic mass is 10.1. The molecule has 0 saturated carbocycles. The normalized spacial score (nSPS) is 10.3. The number of nitrogens with zero attached hydrogens (tertiary/aromatic N) is 1. The van der Waals surface area contributed by atoms with Crippen LogP contribution >= 0.6 is 0 Å². The fraction of sp³-hybridized carbons (Fsp3) is 0.111. The maximum absolute atomic E-state index is 11.7. The molecule has 0 aromatic heterocycles. The summed E-state index contributed by atoms with van der Waals surface area (Å²) in [6.45, 7) is 0.237. The van der Waals surface area contributed by atoms with Gasteiger partial charge in [-0.25, -0.2) is 4.79 Å². The summed E-state index contributed by atoms with van der Waals surface area (Å²) in [6.07, 6.45) is 5.09. The van der Waals surface area contributed by atoms with Gasteiger partial charge < -0.3 is 20.9 Å². The van der Waals surface area contributed by atoms with E-state index in [4.69, 9.17) is 21.5 Å². The predicted octanol–water partition coefficient (Wildman–Crippen LogP) is 2.51. The van der Waals surface area contributed by atoms with Gasteiger partial charge in [0, 0.05) is 23.9 Å². The summed E-state index contributed by atoms with van der Waals surface area (Å²) < 4.78 is 9.80. The third-order valence-electron chi connectivity index (χ3n) is 3.13. The van der Waals surface area contributed by atoms with Crippen molar-refractivity contribution in [3.63, 3.8) is 0 Å². The Bertz CT molecular complexity index is 757. The first kappa shape index (κ1) is 16.9. The van der Waals surface area contributed by atoms with Gasteiger partial charge in [0.25, 0.3) is 6.26 Å². The van der Waals surface area contributed by atoms with Crippen LogP contribution in [0.3, 0.4) is 0 Å². The molecule has 0 aliphatic carbocycles. The fourth-order valence-corrected chi connectivity index (χ4v) is 2.07.